The first kappa shape index (κ1) is 16.8. The number of benzene rings is 1. The molecule has 0 fully saturated rings. The lowest BCUT2D eigenvalue weighted by Crippen LogP contribution is -2.48. The third kappa shape index (κ3) is 3.86. The average molecular weight is 291 g/mol. The van der Waals surface area contributed by atoms with E-state index in [1.54, 1.807) is 26.0 Å². The van der Waals surface area contributed by atoms with E-state index in [2.05, 4.69) is 5.32 Å². The van der Waals surface area contributed by atoms with Crippen molar-refractivity contribution in [3.63, 3.8) is 0 Å². The Labute approximate surface area is 124 Å². The normalized spacial score (nSPS) is 13.2. The van der Waals surface area contributed by atoms with Gasteiger partial charge in [-0.05, 0) is 26.3 Å². The number of ether oxygens (including phenoxy) is 1. The summed E-state index contributed by atoms with van der Waals surface area (Å²) in [7, 11) is 0. The Bertz CT molecular complexity index is 566. The third-order valence-electron chi connectivity index (χ3n) is 3.50. The summed E-state index contributed by atoms with van der Waals surface area (Å²) in [6, 6.07) is 5.24. The number of anilines is 1. The highest BCUT2D eigenvalue weighted by atomic mass is 16.5. The molecular weight excluding hydrogens is 270 g/mol. The van der Waals surface area contributed by atoms with E-state index in [0.717, 1.165) is 0 Å². The standard InChI is InChI=1S/C15H21N3O3/c1-4-15(3,14(19)20)18-9-11-6-10(8-16)12(17)7-13(11)21-5-2/h6-7,18H,4-5,9,17H2,1-3H3,(H,19,20)/t15-/m1/s1. The number of carboxylic acid groups (broad SMARTS) is 1. The minimum atomic E-state index is -1.03. The topological polar surface area (TPSA) is 108 Å². The molecule has 0 spiro atoms. The summed E-state index contributed by atoms with van der Waals surface area (Å²) in [4.78, 5) is 11.3. The van der Waals surface area contributed by atoms with Crippen molar-refractivity contribution in [2.45, 2.75) is 39.3 Å². The van der Waals surface area contributed by atoms with Crippen molar-refractivity contribution in [1.82, 2.24) is 5.32 Å². The lowest BCUT2D eigenvalue weighted by molar-refractivity contribution is -0.144. The van der Waals surface area contributed by atoms with Gasteiger partial charge in [-0.3, -0.25) is 10.1 Å². The summed E-state index contributed by atoms with van der Waals surface area (Å²) < 4.78 is 5.50. The number of aliphatic carboxylic acids is 1. The van der Waals surface area contributed by atoms with Crippen LogP contribution in [0.3, 0.4) is 0 Å². The molecule has 6 heteroatoms. The Morgan fingerprint density at radius 2 is 2.19 bits per heavy atom. The summed E-state index contributed by atoms with van der Waals surface area (Å²) in [6.07, 6.45) is 0.437. The van der Waals surface area contributed by atoms with Crippen LogP contribution in [-0.2, 0) is 11.3 Å². The number of nitrogens with zero attached hydrogens (tertiary/aromatic N) is 1. The number of nitriles is 1. The monoisotopic (exact) mass is 291 g/mol. The van der Waals surface area contributed by atoms with E-state index < -0.39 is 11.5 Å². The van der Waals surface area contributed by atoms with E-state index in [1.807, 2.05) is 13.0 Å². The second kappa shape index (κ2) is 6.95. The van der Waals surface area contributed by atoms with Gasteiger partial charge in [0.25, 0.3) is 0 Å². The van der Waals surface area contributed by atoms with Crippen LogP contribution in [0.15, 0.2) is 12.1 Å². The van der Waals surface area contributed by atoms with Crippen molar-refractivity contribution >= 4 is 11.7 Å². The zero-order chi connectivity index (χ0) is 16.0. The molecule has 0 aliphatic carbocycles. The van der Waals surface area contributed by atoms with Crippen LogP contribution >= 0.6 is 0 Å². The van der Waals surface area contributed by atoms with E-state index in [-0.39, 0.29) is 6.54 Å². The number of carbonyl (C=O) groups is 1. The first-order valence-corrected chi connectivity index (χ1v) is 6.81. The molecule has 1 atom stereocenters. The Kier molecular flexibility index (Phi) is 5.56. The fourth-order valence-corrected chi connectivity index (χ4v) is 1.81. The second-order valence-electron chi connectivity index (χ2n) is 4.94. The molecule has 0 bridgehead atoms. The highest BCUT2D eigenvalue weighted by Gasteiger charge is 2.30. The number of hydrogen-bond donors (Lipinski definition) is 3. The highest BCUT2D eigenvalue weighted by Crippen LogP contribution is 2.26. The molecule has 0 saturated heterocycles. The molecule has 114 valence electrons. The van der Waals surface area contributed by atoms with Crippen LogP contribution in [0.5, 0.6) is 5.75 Å². The van der Waals surface area contributed by atoms with Gasteiger partial charge in [-0.15, -0.1) is 0 Å². The predicted molar refractivity (Wildman–Crippen MR) is 79.9 cm³/mol. The lowest BCUT2D eigenvalue weighted by atomic mass is 9.98. The van der Waals surface area contributed by atoms with Crippen molar-refractivity contribution in [2.75, 3.05) is 12.3 Å². The van der Waals surface area contributed by atoms with Crippen molar-refractivity contribution in [2.24, 2.45) is 0 Å². The quantitative estimate of drug-likeness (QED) is 0.662. The first-order valence-electron chi connectivity index (χ1n) is 6.81. The molecule has 4 N–H and O–H groups in total. The number of hydrogen-bond acceptors (Lipinski definition) is 5. The molecule has 1 aromatic rings. The van der Waals surface area contributed by atoms with Crippen LogP contribution in [0.1, 0.15) is 38.3 Å². The van der Waals surface area contributed by atoms with Gasteiger partial charge < -0.3 is 15.6 Å². The highest BCUT2D eigenvalue weighted by molar-refractivity contribution is 5.78. The third-order valence-corrected chi connectivity index (χ3v) is 3.50. The summed E-state index contributed by atoms with van der Waals surface area (Å²) in [5.74, 6) is -0.357. The summed E-state index contributed by atoms with van der Waals surface area (Å²) >= 11 is 0. The van der Waals surface area contributed by atoms with Gasteiger partial charge in [-0.1, -0.05) is 6.92 Å². The van der Waals surface area contributed by atoms with Crippen LogP contribution in [0.25, 0.3) is 0 Å². The average Bonchev–Trinajstić information content (AvgIpc) is 2.46. The predicted octanol–water partition coefficient (Wildman–Crippen LogP) is 1.88. The molecular formula is C15H21N3O3. The van der Waals surface area contributed by atoms with E-state index in [0.29, 0.717) is 35.6 Å². The van der Waals surface area contributed by atoms with Crippen molar-refractivity contribution in [1.29, 1.82) is 5.26 Å². The van der Waals surface area contributed by atoms with Crippen LogP contribution in [-0.4, -0.2) is 23.2 Å². The first-order chi connectivity index (χ1) is 9.87. The maximum atomic E-state index is 11.3. The number of nitrogens with one attached hydrogen (secondary N) is 1. The van der Waals surface area contributed by atoms with Crippen LogP contribution in [0.2, 0.25) is 0 Å². The number of rotatable bonds is 7. The SMILES string of the molecule is CCOc1cc(N)c(C#N)cc1CN[C@](C)(CC)C(=O)O. The number of carboxylic acids is 1. The largest absolute Gasteiger partial charge is 0.493 e. The molecule has 0 aliphatic rings. The zero-order valence-electron chi connectivity index (χ0n) is 12.6. The van der Waals surface area contributed by atoms with Crippen molar-refractivity contribution in [3.8, 4) is 11.8 Å². The van der Waals surface area contributed by atoms with Gasteiger partial charge in [-0.25, -0.2) is 0 Å². The summed E-state index contributed by atoms with van der Waals surface area (Å²) in [6.45, 7) is 6.01. The Balaban J connectivity index is 3.06. The van der Waals surface area contributed by atoms with E-state index >= 15 is 0 Å². The zero-order valence-corrected chi connectivity index (χ0v) is 12.6. The van der Waals surface area contributed by atoms with E-state index in [1.165, 1.54) is 0 Å². The number of nitrogen functional groups attached to an aromatic ring is 1. The molecule has 0 saturated carbocycles. The molecule has 6 nitrogen and oxygen atoms in total. The molecule has 1 rings (SSSR count). The van der Waals surface area contributed by atoms with Gasteiger partial charge in [0, 0.05) is 18.2 Å². The minimum Gasteiger partial charge on any atom is -0.493 e. The maximum absolute atomic E-state index is 11.3. The molecule has 1 aromatic carbocycles. The van der Waals surface area contributed by atoms with Gasteiger partial charge in [0.05, 0.1) is 17.9 Å². The van der Waals surface area contributed by atoms with Gasteiger partial charge in [0.15, 0.2) is 0 Å². The molecule has 0 heterocycles. The molecule has 0 unspecified atom stereocenters. The van der Waals surface area contributed by atoms with Crippen LogP contribution < -0.4 is 15.8 Å². The van der Waals surface area contributed by atoms with E-state index in [9.17, 15) is 9.90 Å². The van der Waals surface area contributed by atoms with Gasteiger partial charge in [0.2, 0.25) is 0 Å². The summed E-state index contributed by atoms with van der Waals surface area (Å²) in [5, 5.41) is 21.3. The lowest BCUT2D eigenvalue weighted by Gasteiger charge is -2.25. The molecule has 0 aliphatic heterocycles. The molecule has 21 heavy (non-hydrogen) atoms. The molecule has 0 amide bonds. The van der Waals surface area contributed by atoms with Gasteiger partial charge in [0.1, 0.15) is 17.4 Å². The second-order valence-corrected chi connectivity index (χ2v) is 4.94. The Morgan fingerprint density at radius 3 is 2.67 bits per heavy atom. The smallest absolute Gasteiger partial charge is 0.323 e. The van der Waals surface area contributed by atoms with Gasteiger partial charge >= 0.3 is 5.97 Å². The van der Waals surface area contributed by atoms with E-state index in [4.69, 9.17) is 15.7 Å². The summed E-state index contributed by atoms with van der Waals surface area (Å²) in [5.41, 5.74) is 6.15. The van der Waals surface area contributed by atoms with Crippen molar-refractivity contribution < 1.29 is 14.6 Å². The molecule has 0 radical (unpaired) electrons. The van der Waals surface area contributed by atoms with Gasteiger partial charge in [-0.2, -0.15) is 5.26 Å². The minimum absolute atomic E-state index is 0.279. The Morgan fingerprint density at radius 1 is 1.52 bits per heavy atom. The maximum Gasteiger partial charge on any atom is 0.323 e. The fourth-order valence-electron chi connectivity index (χ4n) is 1.81. The van der Waals surface area contributed by atoms with Crippen LogP contribution in [0, 0.1) is 11.3 Å². The van der Waals surface area contributed by atoms with Crippen molar-refractivity contribution in [3.05, 3.63) is 23.3 Å². The number of nitrogens with two attached hydrogens (primary N) is 1. The Hall–Kier alpha value is -2.26. The van der Waals surface area contributed by atoms with Crippen LogP contribution in [0.4, 0.5) is 5.69 Å². The fraction of sp³-hybridized carbons (Fsp3) is 0.467. The molecule has 0 aromatic heterocycles.